The van der Waals surface area contributed by atoms with E-state index in [0.717, 1.165) is 48.8 Å². The highest BCUT2D eigenvalue weighted by Crippen LogP contribution is 2.20. The summed E-state index contributed by atoms with van der Waals surface area (Å²) in [5.41, 5.74) is 2.71. The standard InChI is InChI=1S/C20H19N7/c1-2-4-14(5-3-1)12-19-26-25-18-9-6-15(13-27(18)19)23-17-8-7-16-20(24-17)22-11-10-21-16/h1-5,7-8,10-11,15H,6,9,12-13H2,(H,22,23,24)/t15-/m1/s1. The Labute approximate surface area is 156 Å². The summed E-state index contributed by atoms with van der Waals surface area (Å²) in [7, 11) is 0. The van der Waals surface area contributed by atoms with E-state index in [-0.39, 0.29) is 6.04 Å². The number of hydrogen-bond acceptors (Lipinski definition) is 6. The zero-order valence-corrected chi connectivity index (χ0v) is 14.8. The van der Waals surface area contributed by atoms with Gasteiger partial charge in [-0.1, -0.05) is 30.3 Å². The number of nitrogens with zero attached hydrogens (tertiary/aromatic N) is 6. The van der Waals surface area contributed by atoms with Crippen molar-refractivity contribution in [1.29, 1.82) is 0 Å². The van der Waals surface area contributed by atoms with Gasteiger partial charge in [0.15, 0.2) is 5.65 Å². The zero-order chi connectivity index (χ0) is 18.1. The Balaban J connectivity index is 1.35. The summed E-state index contributed by atoms with van der Waals surface area (Å²) in [5.74, 6) is 2.91. The van der Waals surface area contributed by atoms with Crippen molar-refractivity contribution in [2.24, 2.45) is 0 Å². The van der Waals surface area contributed by atoms with Crippen LogP contribution in [0, 0.1) is 0 Å². The summed E-state index contributed by atoms with van der Waals surface area (Å²) in [4.78, 5) is 13.1. The first-order chi connectivity index (χ1) is 13.3. The van der Waals surface area contributed by atoms with Crippen molar-refractivity contribution in [3.63, 3.8) is 0 Å². The van der Waals surface area contributed by atoms with Gasteiger partial charge < -0.3 is 9.88 Å². The molecule has 0 unspecified atom stereocenters. The lowest BCUT2D eigenvalue weighted by atomic mass is 10.1. The maximum Gasteiger partial charge on any atom is 0.180 e. The van der Waals surface area contributed by atoms with Gasteiger partial charge >= 0.3 is 0 Å². The number of anilines is 1. The summed E-state index contributed by atoms with van der Waals surface area (Å²) in [6, 6.07) is 14.6. The molecule has 0 amide bonds. The second-order valence-corrected chi connectivity index (χ2v) is 6.78. The van der Waals surface area contributed by atoms with Gasteiger partial charge in [-0.2, -0.15) is 0 Å². The average molecular weight is 357 g/mol. The van der Waals surface area contributed by atoms with Gasteiger partial charge in [0.2, 0.25) is 0 Å². The molecule has 134 valence electrons. The summed E-state index contributed by atoms with van der Waals surface area (Å²) in [6.45, 7) is 0.838. The van der Waals surface area contributed by atoms with Crippen LogP contribution in [0.4, 0.5) is 5.82 Å². The van der Waals surface area contributed by atoms with Gasteiger partial charge in [-0.15, -0.1) is 10.2 Å². The van der Waals surface area contributed by atoms with Crippen molar-refractivity contribution < 1.29 is 0 Å². The van der Waals surface area contributed by atoms with E-state index < -0.39 is 0 Å². The van der Waals surface area contributed by atoms with E-state index in [1.165, 1.54) is 5.56 Å². The van der Waals surface area contributed by atoms with Crippen LogP contribution in [0.5, 0.6) is 0 Å². The molecule has 1 N–H and O–H groups in total. The van der Waals surface area contributed by atoms with Crippen molar-refractivity contribution in [3.8, 4) is 0 Å². The Kier molecular flexibility index (Phi) is 3.97. The summed E-state index contributed by atoms with van der Waals surface area (Å²) >= 11 is 0. The maximum atomic E-state index is 4.58. The molecule has 0 aliphatic carbocycles. The lowest BCUT2D eigenvalue weighted by Crippen LogP contribution is -2.32. The van der Waals surface area contributed by atoms with Crippen molar-refractivity contribution in [2.45, 2.75) is 31.8 Å². The van der Waals surface area contributed by atoms with E-state index in [1.807, 2.05) is 18.2 Å². The fourth-order valence-corrected chi connectivity index (χ4v) is 3.55. The Morgan fingerprint density at radius 1 is 1.00 bits per heavy atom. The predicted molar refractivity (Wildman–Crippen MR) is 102 cm³/mol. The average Bonchev–Trinajstić information content (AvgIpc) is 3.11. The van der Waals surface area contributed by atoms with Crippen LogP contribution in [0.3, 0.4) is 0 Å². The molecule has 1 aliphatic heterocycles. The fraction of sp³-hybridized carbons (Fsp3) is 0.250. The molecule has 0 bridgehead atoms. The molecule has 1 atom stereocenters. The molecular weight excluding hydrogens is 338 g/mol. The van der Waals surface area contributed by atoms with E-state index in [4.69, 9.17) is 0 Å². The number of aryl methyl sites for hydroxylation is 1. The monoisotopic (exact) mass is 357 g/mol. The fourth-order valence-electron chi connectivity index (χ4n) is 3.55. The Morgan fingerprint density at radius 3 is 2.81 bits per heavy atom. The minimum atomic E-state index is 0.282. The van der Waals surface area contributed by atoms with E-state index in [2.05, 4.69) is 59.3 Å². The molecular formula is C20H19N7. The van der Waals surface area contributed by atoms with Crippen molar-refractivity contribution >= 4 is 17.0 Å². The van der Waals surface area contributed by atoms with E-state index in [1.54, 1.807) is 12.4 Å². The second kappa shape index (κ2) is 6.75. The van der Waals surface area contributed by atoms with Gasteiger partial charge in [0, 0.05) is 37.8 Å². The van der Waals surface area contributed by atoms with Gasteiger partial charge in [0.05, 0.1) is 0 Å². The van der Waals surface area contributed by atoms with Gasteiger partial charge in [-0.05, 0) is 24.1 Å². The van der Waals surface area contributed by atoms with Gasteiger partial charge in [-0.25, -0.2) is 9.97 Å². The Bertz CT molecular complexity index is 1070. The molecule has 1 aliphatic rings. The van der Waals surface area contributed by atoms with Gasteiger partial charge in [0.25, 0.3) is 0 Å². The molecule has 0 fully saturated rings. The number of rotatable bonds is 4. The highest BCUT2D eigenvalue weighted by Gasteiger charge is 2.23. The number of pyridine rings is 1. The van der Waals surface area contributed by atoms with Crippen LogP contribution in [0.2, 0.25) is 0 Å². The molecule has 5 rings (SSSR count). The summed E-state index contributed by atoms with van der Waals surface area (Å²) in [6.07, 6.45) is 6.06. The Hall–Kier alpha value is -3.35. The molecule has 4 aromatic rings. The lowest BCUT2D eigenvalue weighted by molar-refractivity contribution is 0.466. The topological polar surface area (TPSA) is 81.4 Å². The van der Waals surface area contributed by atoms with Crippen LogP contribution < -0.4 is 5.32 Å². The number of fused-ring (bicyclic) bond motifs is 2. The zero-order valence-electron chi connectivity index (χ0n) is 14.8. The Morgan fingerprint density at radius 2 is 1.89 bits per heavy atom. The normalized spacial score (nSPS) is 16.2. The molecule has 4 heterocycles. The van der Waals surface area contributed by atoms with Crippen LogP contribution in [0.15, 0.2) is 54.9 Å². The SMILES string of the molecule is c1ccc(Cc2nnc3n2C[C@H](Nc2ccc4nccnc4n2)CC3)cc1. The maximum absolute atomic E-state index is 4.58. The van der Waals surface area contributed by atoms with Crippen LogP contribution in [0.25, 0.3) is 11.2 Å². The highest BCUT2D eigenvalue weighted by atomic mass is 15.3. The van der Waals surface area contributed by atoms with Crippen LogP contribution in [0.1, 0.15) is 23.6 Å². The van der Waals surface area contributed by atoms with Crippen LogP contribution in [-0.2, 0) is 19.4 Å². The molecule has 7 heteroatoms. The number of aromatic nitrogens is 6. The first-order valence-corrected chi connectivity index (χ1v) is 9.14. The third kappa shape index (κ3) is 3.23. The van der Waals surface area contributed by atoms with Crippen LogP contribution in [-0.4, -0.2) is 35.8 Å². The molecule has 1 aromatic carbocycles. The summed E-state index contributed by atoms with van der Waals surface area (Å²) < 4.78 is 2.25. The molecule has 7 nitrogen and oxygen atoms in total. The van der Waals surface area contributed by atoms with E-state index in [0.29, 0.717) is 5.65 Å². The van der Waals surface area contributed by atoms with Gasteiger partial charge in [-0.3, -0.25) is 4.98 Å². The van der Waals surface area contributed by atoms with Crippen LogP contribution >= 0.6 is 0 Å². The number of nitrogens with one attached hydrogen (secondary N) is 1. The second-order valence-electron chi connectivity index (χ2n) is 6.78. The first-order valence-electron chi connectivity index (χ1n) is 9.14. The van der Waals surface area contributed by atoms with Gasteiger partial charge in [0.1, 0.15) is 23.0 Å². The highest BCUT2D eigenvalue weighted by molar-refractivity contribution is 5.71. The number of hydrogen-bond donors (Lipinski definition) is 1. The lowest BCUT2D eigenvalue weighted by Gasteiger charge is -2.25. The van der Waals surface area contributed by atoms with Crippen molar-refractivity contribution in [1.82, 2.24) is 29.7 Å². The molecule has 0 radical (unpaired) electrons. The van der Waals surface area contributed by atoms with E-state index >= 15 is 0 Å². The molecule has 0 spiro atoms. The van der Waals surface area contributed by atoms with Crippen molar-refractivity contribution in [3.05, 3.63) is 72.1 Å². The minimum absolute atomic E-state index is 0.282. The molecule has 0 saturated heterocycles. The molecule has 27 heavy (non-hydrogen) atoms. The largest absolute Gasteiger partial charge is 0.365 e. The van der Waals surface area contributed by atoms with E-state index in [9.17, 15) is 0 Å². The minimum Gasteiger partial charge on any atom is -0.365 e. The summed E-state index contributed by atoms with van der Waals surface area (Å²) in [5, 5.41) is 12.4. The third-order valence-electron chi connectivity index (χ3n) is 4.91. The molecule has 0 saturated carbocycles. The first kappa shape index (κ1) is 15.9. The predicted octanol–water partition coefficient (Wildman–Crippen LogP) is 2.63. The smallest absolute Gasteiger partial charge is 0.180 e. The van der Waals surface area contributed by atoms with Crippen molar-refractivity contribution in [2.75, 3.05) is 5.32 Å². The third-order valence-corrected chi connectivity index (χ3v) is 4.91. The molecule has 3 aromatic heterocycles. The quantitative estimate of drug-likeness (QED) is 0.605. The number of benzene rings is 1.